The molecule has 1 aromatic carbocycles. The smallest absolute Gasteiger partial charge is 0.262 e. The maximum absolute atomic E-state index is 14.1. The van der Waals surface area contributed by atoms with E-state index in [0.29, 0.717) is 28.5 Å². The number of nitrogens with zero attached hydrogens (tertiary/aromatic N) is 4. The molecule has 0 aliphatic rings. The van der Waals surface area contributed by atoms with Crippen LogP contribution in [0.4, 0.5) is 13.9 Å². The predicted octanol–water partition coefficient (Wildman–Crippen LogP) is 5.88. The molecule has 0 fully saturated rings. The van der Waals surface area contributed by atoms with Gasteiger partial charge < -0.3 is 4.57 Å². The van der Waals surface area contributed by atoms with Crippen LogP contribution in [0.2, 0.25) is 8.67 Å². The highest BCUT2D eigenvalue weighted by Gasteiger charge is 2.25. The van der Waals surface area contributed by atoms with Crippen molar-refractivity contribution in [3.05, 3.63) is 62.8 Å². The Morgan fingerprint density at radius 3 is 2.72 bits per heavy atom. The molecule has 4 aromatic rings. The number of hydrogen-bond donors (Lipinski definition) is 0. The first-order valence-electron chi connectivity index (χ1n) is 8.40. The fraction of sp³-hybridized carbons (Fsp3) is 0.167. The number of carbonyl (C=O) groups is 1. The van der Waals surface area contributed by atoms with Gasteiger partial charge >= 0.3 is 0 Å². The number of benzene rings is 1. The summed E-state index contributed by atoms with van der Waals surface area (Å²) in [4.78, 5) is 22.8. The Bertz CT molecular complexity index is 1180. The summed E-state index contributed by atoms with van der Waals surface area (Å²) < 4.78 is 30.5. The lowest BCUT2D eigenvalue weighted by Gasteiger charge is -2.19. The molecule has 5 nitrogen and oxygen atoms in total. The Kier molecular flexibility index (Phi) is 5.82. The normalized spacial score (nSPS) is 11.3. The van der Waals surface area contributed by atoms with Gasteiger partial charge in [0, 0.05) is 31.5 Å². The molecule has 0 bridgehead atoms. The van der Waals surface area contributed by atoms with Crippen molar-refractivity contribution in [2.24, 2.45) is 0 Å². The summed E-state index contributed by atoms with van der Waals surface area (Å²) in [5.74, 6) is -1.87. The van der Waals surface area contributed by atoms with Crippen molar-refractivity contribution >= 4 is 67.1 Å². The van der Waals surface area contributed by atoms with Gasteiger partial charge in [0.05, 0.1) is 20.9 Å². The Morgan fingerprint density at radius 2 is 2.03 bits per heavy atom. The Labute approximate surface area is 182 Å². The number of fused-ring (bicyclic) bond motifs is 1. The third kappa shape index (κ3) is 4.28. The minimum absolute atomic E-state index is 0.0215. The molecule has 0 unspecified atom stereocenters. The van der Waals surface area contributed by atoms with Gasteiger partial charge in [0.1, 0.15) is 15.7 Å². The van der Waals surface area contributed by atoms with Crippen molar-refractivity contribution in [2.45, 2.75) is 13.0 Å². The third-order valence-electron chi connectivity index (χ3n) is 4.12. The van der Waals surface area contributed by atoms with E-state index in [1.54, 1.807) is 12.5 Å². The first-order valence-corrected chi connectivity index (χ1v) is 10.8. The predicted molar refractivity (Wildman–Crippen MR) is 112 cm³/mol. The molecule has 11 heteroatoms. The quantitative estimate of drug-likeness (QED) is 0.352. The summed E-state index contributed by atoms with van der Waals surface area (Å²) in [6.07, 6.45) is 5.75. The minimum atomic E-state index is -0.773. The number of aromatic nitrogens is 3. The van der Waals surface area contributed by atoms with Crippen molar-refractivity contribution in [1.29, 1.82) is 0 Å². The van der Waals surface area contributed by atoms with E-state index in [1.807, 2.05) is 10.8 Å². The molecule has 0 saturated heterocycles. The van der Waals surface area contributed by atoms with Crippen LogP contribution < -0.4 is 4.90 Å². The molecule has 0 aliphatic carbocycles. The molecule has 29 heavy (non-hydrogen) atoms. The van der Waals surface area contributed by atoms with Crippen LogP contribution in [-0.2, 0) is 6.54 Å². The molecule has 0 saturated carbocycles. The van der Waals surface area contributed by atoms with Gasteiger partial charge in [-0.25, -0.2) is 18.7 Å². The van der Waals surface area contributed by atoms with Crippen molar-refractivity contribution in [3.63, 3.8) is 0 Å². The molecule has 3 heterocycles. The molecule has 0 aliphatic heterocycles. The summed E-state index contributed by atoms with van der Waals surface area (Å²) in [6.45, 7) is 0.917. The van der Waals surface area contributed by atoms with Crippen molar-refractivity contribution < 1.29 is 13.6 Å². The van der Waals surface area contributed by atoms with Gasteiger partial charge in [-0.1, -0.05) is 34.5 Å². The van der Waals surface area contributed by atoms with E-state index in [2.05, 4.69) is 9.97 Å². The van der Waals surface area contributed by atoms with E-state index in [0.717, 1.165) is 28.7 Å². The van der Waals surface area contributed by atoms with Gasteiger partial charge in [0.15, 0.2) is 10.9 Å². The molecule has 0 N–H and O–H groups in total. The van der Waals surface area contributed by atoms with E-state index >= 15 is 0 Å². The Hall–Kier alpha value is -2.07. The molecule has 1 amide bonds. The lowest BCUT2D eigenvalue weighted by atomic mass is 10.3. The lowest BCUT2D eigenvalue weighted by molar-refractivity contribution is 0.0987. The highest BCUT2D eigenvalue weighted by Crippen LogP contribution is 2.35. The van der Waals surface area contributed by atoms with Crippen molar-refractivity contribution in [2.75, 3.05) is 11.4 Å². The SMILES string of the molecule is O=C(c1cc(Cl)sc1Cl)N(CCCn1ccnc1)c1nc2c(F)cc(F)cc2s1. The van der Waals surface area contributed by atoms with E-state index in [-0.39, 0.29) is 20.5 Å². The van der Waals surface area contributed by atoms with Crippen LogP contribution >= 0.6 is 45.9 Å². The van der Waals surface area contributed by atoms with Gasteiger partial charge in [-0.2, -0.15) is 0 Å². The Balaban J connectivity index is 1.68. The van der Waals surface area contributed by atoms with Crippen LogP contribution in [0.5, 0.6) is 0 Å². The lowest BCUT2D eigenvalue weighted by Crippen LogP contribution is -2.32. The molecular weight excluding hydrogens is 461 g/mol. The Morgan fingerprint density at radius 1 is 1.21 bits per heavy atom. The number of rotatable bonds is 6. The van der Waals surface area contributed by atoms with Crippen molar-refractivity contribution in [1.82, 2.24) is 14.5 Å². The molecule has 150 valence electrons. The first kappa shape index (κ1) is 20.2. The number of carbonyl (C=O) groups excluding carboxylic acids is 1. The largest absolute Gasteiger partial charge is 0.337 e. The molecule has 4 rings (SSSR count). The topological polar surface area (TPSA) is 51.0 Å². The minimum Gasteiger partial charge on any atom is -0.337 e. The third-order valence-corrected chi connectivity index (χ3v) is 6.64. The maximum Gasteiger partial charge on any atom is 0.262 e. The second kappa shape index (κ2) is 8.35. The number of imidazole rings is 1. The number of aryl methyl sites for hydroxylation is 1. The van der Waals surface area contributed by atoms with Gasteiger partial charge in [-0.05, 0) is 18.6 Å². The fourth-order valence-corrected chi connectivity index (χ4v) is 5.28. The van der Waals surface area contributed by atoms with Gasteiger partial charge in [0.2, 0.25) is 0 Å². The summed E-state index contributed by atoms with van der Waals surface area (Å²) in [6, 6.07) is 3.46. The second-order valence-electron chi connectivity index (χ2n) is 6.08. The van der Waals surface area contributed by atoms with Gasteiger partial charge in [0.25, 0.3) is 5.91 Å². The standard InChI is InChI=1S/C18H12Cl2F2N4OS2/c19-14-8-11(16(20)29-14)17(27)26(4-1-3-25-5-2-23-9-25)18-24-15-12(22)6-10(21)7-13(15)28-18/h2,5-9H,1,3-4H2. The summed E-state index contributed by atoms with van der Waals surface area (Å²) in [5, 5.41) is 0.263. The van der Waals surface area contributed by atoms with Gasteiger partial charge in [-0.15, -0.1) is 11.3 Å². The zero-order valence-corrected chi connectivity index (χ0v) is 17.8. The molecular formula is C18H12Cl2F2N4OS2. The number of hydrogen-bond acceptors (Lipinski definition) is 5. The van der Waals surface area contributed by atoms with Gasteiger partial charge in [-0.3, -0.25) is 9.69 Å². The monoisotopic (exact) mass is 472 g/mol. The van der Waals surface area contributed by atoms with Crippen molar-refractivity contribution in [3.8, 4) is 0 Å². The number of halogens is 4. The van der Waals surface area contributed by atoms with E-state index in [1.165, 1.54) is 17.0 Å². The van der Waals surface area contributed by atoms with Crippen LogP contribution in [0.3, 0.4) is 0 Å². The van der Waals surface area contributed by atoms with Crippen LogP contribution in [0.25, 0.3) is 10.2 Å². The number of anilines is 1. The maximum atomic E-state index is 14.1. The number of thiophene rings is 1. The van der Waals surface area contributed by atoms with Crippen LogP contribution in [0.1, 0.15) is 16.8 Å². The summed E-state index contributed by atoms with van der Waals surface area (Å²) in [7, 11) is 0. The average molecular weight is 473 g/mol. The summed E-state index contributed by atoms with van der Waals surface area (Å²) >= 11 is 14.3. The highest BCUT2D eigenvalue weighted by atomic mass is 35.5. The highest BCUT2D eigenvalue weighted by molar-refractivity contribution is 7.22. The van der Waals surface area contributed by atoms with Crippen LogP contribution in [0.15, 0.2) is 36.9 Å². The molecule has 0 spiro atoms. The molecule has 0 radical (unpaired) electrons. The van der Waals surface area contributed by atoms with E-state index in [4.69, 9.17) is 23.2 Å². The second-order valence-corrected chi connectivity index (χ2v) is 9.37. The molecule has 3 aromatic heterocycles. The van der Waals surface area contributed by atoms with E-state index < -0.39 is 17.5 Å². The first-order chi connectivity index (χ1) is 13.9. The van der Waals surface area contributed by atoms with E-state index in [9.17, 15) is 13.6 Å². The molecule has 0 atom stereocenters. The zero-order chi connectivity index (χ0) is 20.5. The van der Waals surface area contributed by atoms with Crippen LogP contribution in [0, 0.1) is 11.6 Å². The fourth-order valence-electron chi connectivity index (χ4n) is 2.81. The number of thiazole rings is 1. The number of amides is 1. The zero-order valence-electron chi connectivity index (χ0n) is 14.6. The summed E-state index contributed by atoms with van der Waals surface area (Å²) in [5.41, 5.74) is 0.267. The van der Waals surface area contributed by atoms with Crippen LogP contribution in [-0.4, -0.2) is 27.0 Å². The average Bonchev–Trinajstić information content (AvgIpc) is 3.38.